The fraction of sp³-hybridized carbons (Fsp3) is 0.667. The molecule has 3 nitrogen and oxygen atoms in total. The van der Waals surface area contributed by atoms with Crippen LogP contribution in [0.15, 0.2) is 15.9 Å². The summed E-state index contributed by atoms with van der Waals surface area (Å²) in [7, 11) is 0. The molecule has 6 heteroatoms. The van der Waals surface area contributed by atoms with Crippen molar-refractivity contribution >= 4 is 45.6 Å². The number of fused-ring (bicyclic) bond motifs is 1. The number of carbonyl (C=O) groups excluding carboxylic acids is 1. The minimum Gasteiger partial charge on any atom is -0.342 e. The molecule has 3 rings (SSSR count). The third-order valence-corrected chi connectivity index (χ3v) is 6.53. The van der Waals surface area contributed by atoms with E-state index in [1.165, 1.54) is 0 Å². The van der Waals surface area contributed by atoms with E-state index >= 15 is 0 Å². The van der Waals surface area contributed by atoms with Crippen LogP contribution in [0.4, 0.5) is 0 Å². The topological polar surface area (TPSA) is 32.3 Å². The molecule has 3 heterocycles. The summed E-state index contributed by atoms with van der Waals surface area (Å²) in [6, 6.07) is 4.09. The lowest BCUT2D eigenvalue weighted by molar-refractivity contribution is -0.132. The molecule has 2 saturated heterocycles. The molecule has 21 heavy (non-hydrogen) atoms. The van der Waals surface area contributed by atoms with Gasteiger partial charge in [-0.1, -0.05) is 0 Å². The predicted molar refractivity (Wildman–Crippen MR) is 93.3 cm³/mol. The van der Waals surface area contributed by atoms with Crippen LogP contribution in [-0.4, -0.2) is 37.0 Å². The van der Waals surface area contributed by atoms with Crippen molar-refractivity contribution in [3.63, 3.8) is 0 Å². The molecule has 0 aromatic carbocycles. The van der Waals surface area contributed by atoms with Crippen LogP contribution < -0.4 is 5.32 Å². The number of hydrogen-bond acceptors (Lipinski definition) is 3. The monoisotopic (exact) mass is 392 g/mol. The Kier molecular flexibility index (Phi) is 6.12. The number of nitrogens with one attached hydrogen (secondary N) is 1. The van der Waals surface area contributed by atoms with Gasteiger partial charge in [-0.3, -0.25) is 4.79 Å². The Bertz CT molecular complexity index is 482. The fourth-order valence-electron chi connectivity index (χ4n) is 3.40. The summed E-state index contributed by atoms with van der Waals surface area (Å²) in [5.74, 6) is 1.84. The first kappa shape index (κ1) is 17.3. The maximum absolute atomic E-state index is 12.7. The Morgan fingerprint density at radius 3 is 2.48 bits per heavy atom. The van der Waals surface area contributed by atoms with Gasteiger partial charge in [0.15, 0.2) is 0 Å². The zero-order valence-corrected chi connectivity index (χ0v) is 15.4. The van der Waals surface area contributed by atoms with E-state index in [0.29, 0.717) is 5.91 Å². The van der Waals surface area contributed by atoms with Crippen molar-refractivity contribution in [2.24, 2.45) is 11.8 Å². The lowest BCUT2D eigenvalue weighted by Crippen LogP contribution is -2.35. The summed E-state index contributed by atoms with van der Waals surface area (Å²) in [6.07, 6.45) is 2.31. The molecule has 1 aromatic rings. The molecule has 0 bridgehead atoms. The van der Waals surface area contributed by atoms with Gasteiger partial charge in [-0.05, 0) is 72.8 Å². The molecule has 1 unspecified atom stereocenters. The van der Waals surface area contributed by atoms with E-state index in [-0.39, 0.29) is 18.3 Å². The van der Waals surface area contributed by atoms with Gasteiger partial charge in [-0.2, -0.15) is 0 Å². The van der Waals surface area contributed by atoms with Crippen molar-refractivity contribution in [1.29, 1.82) is 0 Å². The van der Waals surface area contributed by atoms with Gasteiger partial charge in [-0.15, -0.1) is 23.7 Å². The molecule has 2 fully saturated rings. The maximum Gasteiger partial charge on any atom is 0.230 e. The first-order valence-corrected chi connectivity index (χ1v) is 9.01. The van der Waals surface area contributed by atoms with E-state index in [1.54, 1.807) is 11.3 Å². The number of carbonyl (C=O) groups is 1. The summed E-state index contributed by atoms with van der Waals surface area (Å²) >= 11 is 5.15. The molecule has 118 valence electrons. The molecule has 2 aliphatic heterocycles. The number of hydrogen-bond donors (Lipinski definition) is 1. The molecule has 1 aromatic heterocycles. The highest BCUT2D eigenvalue weighted by molar-refractivity contribution is 9.11. The van der Waals surface area contributed by atoms with Gasteiger partial charge in [0.1, 0.15) is 0 Å². The maximum atomic E-state index is 12.7. The van der Waals surface area contributed by atoms with Crippen molar-refractivity contribution < 1.29 is 4.79 Å². The number of nitrogens with zero attached hydrogens (tertiary/aromatic N) is 1. The minimum atomic E-state index is -0.0117. The summed E-state index contributed by atoms with van der Waals surface area (Å²) in [6.45, 7) is 6.17. The molecule has 2 aliphatic rings. The molecule has 0 spiro atoms. The Labute approximate surface area is 145 Å². The van der Waals surface area contributed by atoms with Crippen molar-refractivity contribution in [2.75, 3.05) is 26.2 Å². The van der Waals surface area contributed by atoms with Gasteiger partial charge < -0.3 is 10.2 Å². The third-order valence-electron chi connectivity index (χ3n) is 4.72. The van der Waals surface area contributed by atoms with E-state index in [0.717, 1.165) is 59.5 Å². The van der Waals surface area contributed by atoms with Crippen molar-refractivity contribution in [3.05, 3.63) is 20.8 Å². The first-order chi connectivity index (χ1) is 9.65. The molecule has 0 aliphatic carbocycles. The average Bonchev–Trinajstić information content (AvgIpc) is 3.02. The zero-order chi connectivity index (χ0) is 14.1. The second-order valence-corrected chi connectivity index (χ2v) is 8.44. The third kappa shape index (κ3) is 3.81. The standard InChI is InChI=1S/C15H21BrN2OS.ClH/c1-10(13-2-3-14(16)20-13)15(19)18-6-4-11-8-17-9-12(11)5-7-18;/h2-3,10-12,17H,4-9H2,1H3;1H/t10?,11-,12+;. The largest absolute Gasteiger partial charge is 0.342 e. The summed E-state index contributed by atoms with van der Waals surface area (Å²) in [5.41, 5.74) is 0. The van der Waals surface area contributed by atoms with Gasteiger partial charge >= 0.3 is 0 Å². The highest BCUT2D eigenvalue weighted by atomic mass is 79.9. The normalized spacial score (nSPS) is 26.7. The van der Waals surface area contributed by atoms with Crippen molar-refractivity contribution in [3.8, 4) is 0 Å². The predicted octanol–water partition coefficient (Wildman–Crippen LogP) is 3.49. The number of rotatable bonds is 2. The second kappa shape index (κ2) is 7.44. The molecule has 0 saturated carbocycles. The second-order valence-electron chi connectivity index (χ2n) is 5.94. The highest BCUT2D eigenvalue weighted by Crippen LogP contribution is 2.32. The number of thiophene rings is 1. The van der Waals surface area contributed by atoms with Crippen LogP contribution >= 0.6 is 39.7 Å². The van der Waals surface area contributed by atoms with E-state index < -0.39 is 0 Å². The Morgan fingerprint density at radius 1 is 1.33 bits per heavy atom. The molecular weight excluding hydrogens is 372 g/mol. The van der Waals surface area contributed by atoms with Crippen molar-refractivity contribution in [1.82, 2.24) is 10.2 Å². The lowest BCUT2D eigenvalue weighted by atomic mass is 9.92. The lowest BCUT2D eigenvalue weighted by Gasteiger charge is -2.24. The van der Waals surface area contributed by atoms with Crippen LogP contribution in [0.2, 0.25) is 0 Å². The highest BCUT2D eigenvalue weighted by Gasteiger charge is 2.32. The van der Waals surface area contributed by atoms with E-state index in [1.807, 2.05) is 13.0 Å². The number of amides is 1. The summed E-state index contributed by atoms with van der Waals surface area (Å²) < 4.78 is 1.10. The Balaban J connectivity index is 0.00000161. The zero-order valence-electron chi connectivity index (χ0n) is 12.2. The molecule has 1 N–H and O–H groups in total. The molecular formula is C15H22BrClN2OS. The number of halogens is 2. The van der Waals surface area contributed by atoms with Gasteiger partial charge in [-0.25, -0.2) is 0 Å². The SMILES string of the molecule is CC(C(=O)N1CC[C@@H]2CNC[C@@H]2CC1)c1ccc(Br)s1.Cl. The number of likely N-dealkylation sites (tertiary alicyclic amines) is 1. The van der Waals surface area contributed by atoms with Gasteiger partial charge in [0, 0.05) is 18.0 Å². The van der Waals surface area contributed by atoms with E-state index in [2.05, 4.69) is 32.2 Å². The fourth-order valence-corrected chi connectivity index (χ4v) is 4.86. The van der Waals surface area contributed by atoms with Crippen LogP contribution in [0.1, 0.15) is 30.6 Å². The first-order valence-electron chi connectivity index (χ1n) is 7.40. The molecule has 0 radical (unpaired) electrons. The smallest absolute Gasteiger partial charge is 0.230 e. The van der Waals surface area contributed by atoms with Crippen molar-refractivity contribution in [2.45, 2.75) is 25.7 Å². The van der Waals surface area contributed by atoms with Crippen LogP contribution in [-0.2, 0) is 4.79 Å². The summed E-state index contributed by atoms with van der Waals surface area (Å²) in [4.78, 5) is 15.9. The van der Waals surface area contributed by atoms with Gasteiger partial charge in [0.25, 0.3) is 0 Å². The van der Waals surface area contributed by atoms with E-state index in [4.69, 9.17) is 0 Å². The summed E-state index contributed by atoms with van der Waals surface area (Å²) in [5, 5.41) is 3.48. The van der Waals surface area contributed by atoms with Crippen LogP contribution in [0.25, 0.3) is 0 Å². The molecule has 3 atom stereocenters. The van der Waals surface area contributed by atoms with Crippen LogP contribution in [0.5, 0.6) is 0 Å². The average molecular weight is 394 g/mol. The minimum absolute atomic E-state index is 0. The quantitative estimate of drug-likeness (QED) is 0.834. The Morgan fingerprint density at radius 2 is 1.95 bits per heavy atom. The van der Waals surface area contributed by atoms with Crippen LogP contribution in [0, 0.1) is 11.8 Å². The van der Waals surface area contributed by atoms with E-state index in [9.17, 15) is 4.79 Å². The molecule has 1 amide bonds. The Hall–Kier alpha value is -0.100. The van der Waals surface area contributed by atoms with Gasteiger partial charge in [0.2, 0.25) is 5.91 Å². The van der Waals surface area contributed by atoms with Crippen LogP contribution in [0.3, 0.4) is 0 Å². The van der Waals surface area contributed by atoms with Gasteiger partial charge in [0.05, 0.1) is 9.70 Å².